The van der Waals surface area contributed by atoms with Crippen LogP contribution in [0.2, 0.25) is 10.2 Å². The van der Waals surface area contributed by atoms with Gasteiger partial charge in [0, 0.05) is 34.4 Å². The molecule has 4 aliphatic rings. The molecule has 214 valence electrons. The molecule has 3 N–H and O–H groups in total. The Labute approximate surface area is 245 Å². The third-order valence-corrected chi connectivity index (χ3v) is 10.8. The van der Waals surface area contributed by atoms with Gasteiger partial charge in [-0.1, -0.05) is 50.0 Å². The quantitative estimate of drug-likeness (QED) is 0.358. The largest absolute Gasteiger partial charge is 0.352 e. The average Bonchev–Trinajstić information content (AvgIpc) is 3.37. The summed E-state index contributed by atoms with van der Waals surface area (Å²) in [7, 11) is 0. The minimum atomic E-state index is -1.25. The van der Waals surface area contributed by atoms with Gasteiger partial charge in [-0.2, -0.15) is 0 Å². The van der Waals surface area contributed by atoms with Crippen molar-refractivity contribution in [1.82, 2.24) is 15.6 Å². The first-order valence-corrected chi connectivity index (χ1v) is 15.2. The summed E-state index contributed by atoms with van der Waals surface area (Å²) in [5.74, 6) is -1.34. The lowest BCUT2D eigenvalue weighted by Gasteiger charge is -2.50. The minimum Gasteiger partial charge on any atom is -0.352 e. The maximum Gasteiger partial charge on any atom is 0.238 e. The predicted molar refractivity (Wildman–Crippen MR) is 155 cm³/mol. The van der Waals surface area contributed by atoms with E-state index in [-0.39, 0.29) is 34.0 Å². The number of hydrogen-bond donors (Lipinski definition) is 3. The number of pyridine rings is 1. The van der Waals surface area contributed by atoms with Gasteiger partial charge in [0.2, 0.25) is 11.8 Å². The van der Waals surface area contributed by atoms with Crippen molar-refractivity contribution >= 4 is 40.7 Å². The molecule has 6 rings (SSSR count). The summed E-state index contributed by atoms with van der Waals surface area (Å²) < 4.78 is 16.0. The normalized spacial score (nSPS) is 32.2. The number of aromatic nitrogens is 1. The smallest absolute Gasteiger partial charge is 0.238 e. The SMILES string of the molecule is CC1CCC(NC(=O)[C@@H]2NC3(CCC(C)(C)CC3)[C@@]3(C(=O)Nc4cc(Cl)ccc43)[C@H]2c2ccnc(Cl)c2F)CC1. The van der Waals surface area contributed by atoms with Gasteiger partial charge in [0.1, 0.15) is 5.41 Å². The number of hydrogen-bond acceptors (Lipinski definition) is 4. The first-order chi connectivity index (χ1) is 19.0. The van der Waals surface area contributed by atoms with E-state index in [1.54, 1.807) is 18.2 Å². The first-order valence-electron chi connectivity index (χ1n) is 14.5. The number of nitrogens with one attached hydrogen (secondary N) is 3. The summed E-state index contributed by atoms with van der Waals surface area (Å²) in [6, 6.07) is 6.17. The maximum atomic E-state index is 16.0. The van der Waals surface area contributed by atoms with Gasteiger partial charge >= 0.3 is 0 Å². The van der Waals surface area contributed by atoms with Crippen LogP contribution in [0.4, 0.5) is 10.1 Å². The van der Waals surface area contributed by atoms with Crippen molar-refractivity contribution in [3.63, 3.8) is 0 Å². The fourth-order valence-electron chi connectivity index (χ4n) is 8.02. The van der Waals surface area contributed by atoms with Crippen molar-refractivity contribution < 1.29 is 14.0 Å². The third kappa shape index (κ3) is 4.26. The molecule has 2 aromatic rings. The Hall–Kier alpha value is -2.22. The van der Waals surface area contributed by atoms with Crippen LogP contribution in [0.3, 0.4) is 0 Å². The van der Waals surface area contributed by atoms with Crippen LogP contribution in [-0.2, 0) is 15.0 Å². The van der Waals surface area contributed by atoms with Crippen LogP contribution < -0.4 is 16.0 Å². The van der Waals surface area contributed by atoms with Gasteiger partial charge in [-0.05, 0) is 92.0 Å². The van der Waals surface area contributed by atoms with Crippen molar-refractivity contribution in [2.24, 2.45) is 11.3 Å². The van der Waals surface area contributed by atoms with Crippen LogP contribution in [0.1, 0.15) is 89.2 Å². The fraction of sp³-hybridized carbons (Fsp3) is 0.581. The lowest BCUT2D eigenvalue weighted by atomic mass is 9.53. The number of benzene rings is 1. The summed E-state index contributed by atoms with van der Waals surface area (Å²) in [4.78, 5) is 32.7. The highest BCUT2D eigenvalue weighted by molar-refractivity contribution is 6.31. The van der Waals surface area contributed by atoms with Gasteiger partial charge in [0.25, 0.3) is 0 Å². The summed E-state index contributed by atoms with van der Waals surface area (Å²) in [5.41, 5.74) is -0.361. The van der Waals surface area contributed by atoms with Crippen molar-refractivity contribution in [1.29, 1.82) is 0 Å². The maximum absolute atomic E-state index is 16.0. The highest BCUT2D eigenvalue weighted by atomic mass is 35.5. The van der Waals surface area contributed by atoms with Gasteiger partial charge in [-0.3, -0.25) is 14.9 Å². The number of anilines is 1. The fourth-order valence-corrected chi connectivity index (χ4v) is 8.36. The lowest BCUT2D eigenvalue weighted by Crippen LogP contribution is -2.61. The van der Waals surface area contributed by atoms with Crippen LogP contribution in [0.25, 0.3) is 0 Å². The monoisotopic (exact) mass is 586 g/mol. The Morgan fingerprint density at radius 3 is 2.48 bits per heavy atom. The molecule has 2 amide bonds. The van der Waals surface area contributed by atoms with E-state index in [0.717, 1.165) is 44.1 Å². The first kappa shape index (κ1) is 27.9. The highest BCUT2D eigenvalue weighted by Crippen LogP contribution is 2.64. The van der Waals surface area contributed by atoms with Crippen molar-refractivity contribution in [3.05, 3.63) is 57.6 Å². The predicted octanol–water partition coefficient (Wildman–Crippen LogP) is 6.51. The van der Waals surface area contributed by atoms with E-state index >= 15 is 4.39 Å². The Bertz CT molecular complexity index is 1350. The molecule has 1 aromatic heterocycles. The van der Waals surface area contributed by atoms with Gasteiger partial charge in [-0.25, -0.2) is 9.37 Å². The van der Waals surface area contributed by atoms with Crippen LogP contribution in [-0.4, -0.2) is 34.4 Å². The molecule has 1 aromatic carbocycles. The molecule has 2 spiro atoms. The molecule has 3 atom stereocenters. The molecule has 3 heterocycles. The number of amides is 2. The third-order valence-electron chi connectivity index (χ3n) is 10.3. The number of carbonyl (C=O) groups is 2. The second kappa shape index (κ2) is 9.95. The van der Waals surface area contributed by atoms with E-state index in [0.29, 0.717) is 29.5 Å². The van der Waals surface area contributed by atoms with E-state index in [1.807, 2.05) is 6.07 Å². The zero-order chi connectivity index (χ0) is 28.4. The second-order valence-corrected chi connectivity index (χ2v) is 14.1. The number of fused-ring (bicyclic) bond motifs is 3. The van der Waals surface area contributed by atoms with Crippen LogP contribution in [0, 0.1) is 17.2 Å². The molecule has 1 saturated heterocycles. The molecule has 40 heavy (non-hydrogen) atoms. The number of nitrogens with zero attached hydrogens (tertiary/aromatic N) is 1. The van der Waals surface area contributed by atoms with Crippen molar-refractivity contribution in [2.45, 2.75) is 101 Å². The molecule has 3 fully saturated rings. The second-order valence-electron chi connectivity index (χ2n) is 13.3. The van der Waals surface area contributed by atoms with Gasteiger partial charge < -0.3 is 10.6 Å². The number of carbonyl (C=O) groups excluding carboxylic acids is 2. The van der Waals surface area contributed by atoms with E-state index < -0.39 is 28.7 Å². The molecule has 0 radical (unpaired) electrons. The zero-order valence-corrected chi connectivity index (χ0v) is 24.8. The lowest BCUT2D eigenvalue weighted by molar-refractivity contribution is -0.125. The van der Waals surface area contributed by atoms with E-state index in [2.05, 4.69) is 41.7 Å². The number of halogens is 3. The standard InChI is InChI=1S/C31H37Cl2FN4O2/c1-17-4-7-19(8-5-17)36-27(39)25-23(20-10-15-35-26(33)24(20)34)31(30(38-25)13-11-29(2,3)12-14-30)21-9-6-18(32)16-22(21)37-28(31)40/h6,9-10,15-17,19,23,25,38H,4-5,7-8,11-14H2,1-3H3,(H,36,39)(H,37,40)/t17?,19?,23-,25+,31+/m0/s1. The molecule has 0 unspecified atom stereocenters. The van der Waals surface area contributed by atoms with E-state index in [9.17, 15) is 9.59 Å². The molecular weight excluding hydrogens is 550 g/mol. The molecule has 9 heteroatoms. The summed E-state index contributed by atoms with van der Waals surface area (Å²) in [5, 5.41) is 10.3. The topological polar surface area (TPSA) is 83.1 Å². The molecule has 2 aliphatic carbocycles. The Morgan fingerprint density at radius 2 is 1.77 bits per heavy atom. The summed E-state index contributed by atoms with van der Waals surface area (Å²) in [6.07, 6.45) is 8.43. The van der Waals surface area contributed by atoms with Crippen LogP contribution >= 0.6 is 23.2 Å². The Balaban J connectivity index is 1.54. The zero-order valence-electron chi connectivity index (χ0n) is 23.3. The molecule has 2 saturated carbocycles. The molecule has 6 nitrogen and oxygen atoms in total. The van der Waals surface area contributed by atoms with Gasteiger partial charge in [0.15, 0.2) is 11.0 Å². The highest BCUT2D eigenvalue weighted by Gasteiger charge is 2.73. The van der Waals surface area contributed by atoms with Crippen LogP contribution in [0.5, 0.6) is 0 Å². The van der Waals surface area contributed by atoms with Gasteiger partial charge in [-0.15, -0.1) is 0 Å². The van der Waals surface area contributed by atoms with E-state index in [1.165, 1.54) is 6.20 Å². The molecule has 0 bridgehead atoms. The molecular formula is C31H37Cl2FN4O2. The molecule has 2 aliphatic heterocycles. The van der Waals surface area contributed by atoms with Crippen molar-refractivity contribution in [3.8, 4) is 0 Å². The minimum absolute atomic E-state index is 0.0540. The number of rotatable bonds is 3. The summed E-state index contributed by atoms with van der Waals surface area (Å²) in [6.45, 7) is 6.71. The average molecular weight is 588 g/mol. The van der Waals surface area contributed by atoms with Crippen molar-refractivity contribution in [2.75, 3.05) is 5.32 Å². The van der Waals surface area contributed by atoms with Gasteiger partial charge in [0.05, 0.1) is 6.04 Å². The summed E-state index contributed by atoms with van der Waals surface area (Å²) >= 11 is 12.6. The van der Waals surface area contributed by atoms with E-state index in [4.69, 9.17) is 23.2 Å². The Kier molecular flexibility index (Phi) is 6.95. The Morgan fingerprint density at radius 1 is 1.07 bits per heavy atom. The van der Waals surface area contributed by atoms with Crippen LogP contribution in [0.15, 0.2) is 30.5 Å².